The van der Waals surface area contributed by atoms with Gasteiger partial charge in [0.15, 0.2) is 0 Å². The predicted molar refractivity (Wildman–Crippen MR) is 85.5 cm³/mol. The first-order valence-corrected chi connectivity index (χ1v) is 8.39. The molecule has 6 nitrogen and oxygen atoms in total. The number of alkyl halides is 3. The minimum atomic E-state index is -4.48. The first-order valence-electron chi connectivity index (χ1n) is 6.84. The highest BCUT2D eigenvalue weighted by Crippen LogP contribution is 2.32. The van der Waals surface area contributed by atoms with E-state index in [0.29, 0.717) is 5.69 Å². The zero-order valence-electron chi connectivity index (χ0n) is 12.7. The zero-order chi connectivity index (χ0) is 18.8. The molecule has 0 radical (unpaired) electrons. The molecule has 2 rings (SSSR count). The van der Waals surface area contributed by atoms with E-state index in [2.05, 4.69) is 0 Å². The summed E-state index contributed by atoms with van der Waals surface area (Å²) < 4.78 is 60.5. The number of rotatable bonds is 5. The van der Waals surface area contributed by atoms with E-state index >= 15 is 0 Å². The van der Waals surface area contributed by atoms with Gasteiger partial charge in [-0.3, -0.25) is 4.79 Å². The van der Waals surface area contributed by atoms with Crippen LogP contribution in [-0.2, 0) is 21.0 Å². The van der Waals surface area contributed by atoms with Gasteiger partial charge in [0.2, 0.25) is 15.9 Å². The van der Waals surface area contributed by atoms with Crippen molar-refractivity contribution < 1.29 is 26.4 Å². The summed E-state index contributed by atoms with van der Waals surface area (Å²) in [6.07, 6.45) is -4.48. The first-order chi connectivity index (χ1) is 11.5. The van der Waals surface area contributed by atoms with E-state index in [4.69, 9.17) is 10.9 Å². The number of benzene rings is 2. The van der Waals surface area contributed by atoms with Gasteiger partial charge in [-0.05, 0) is 48.5 Å². The Morgan fingerprint density at radius 2 is 1.40 bits per heavy atom. The third-order valence-electron chi connectivity index (χ3n) is 3.30. The lowest BCUT2D eigenvalue weighted by molar-refractivity contribution is -0.137. The molecule has 0 atom stereocenters. The summed E-state index contributed by atoms with van der Waals surface area (Å²) in [6, 6.07) is 9.34. The summed E-state index contributed by atoms with van der Waals surface area (Å²) in [7, 11) is -3.89. The molecule has 10 heteroatoms. The molecule has 0 heterocycles. The molecule has 0 aliphatic carbocycles. The number of hydrogen-bond donors (Lipinski definition) is 2. The molecule has 0 saturated heterocycles. The molecule has 0 saturated carbocycles. The number of sulfonamides is 1. The second-order valence-corrected chi connectivity index (χ2v) is 6.70. The number of amides is 1. The first kappa shape index (κ1) is 18.7. The number of hydrogen-bond acceptors (Lipinski definition) is 4. The molecule has 0 fully saturated rings. The minimum absolute atomic E-state index is 0.136. The van der Waals surface area contributed by atoms with Crippen molar-refractivity contribution in [2.24, 2.45) is 10.9 Å². The molecule has 4 N–H and O–H groups in total. The van der Waals surface area contributed by atoms with Crippen molar-refractivity contribution in [1.29, 1.82) is 0 Å². The average molecular weight is 373 g/mol. The Morgan fingerprint density at radius 1 is 0.960 bits per heavy atom. The monoisotopic (exact) mass is 373 g/mol. The minimum Gasteiger partial charge on any atom is -0.368 e. The van der Waals surface area contributed by atoms with Crippen LogP contribution in [-0.4, -0.2) is 20.9 Å². The molecule has 1 amide bonds. The van der Waals surface area contributed by atoms with Gasteiger partial charge in [0.25, 0.3) is 0 Å². The van der Waals surface area contributed by atoms with Crippen LogP contribution in [0.25, 0.3) is 0 Å². The number of primary amides is 1. The van der Waals surface area contributed by atoms with Gasteiger partial charge < -0.3 is 10.6 Å². The van der Waals surface area contributed by atoms with Crippen molar-refractivity contribution >= 4 is 27.3 Å². The van der Waals surface area contributed by atoms with Gasteiger partial charge in [-0.15, -0.1) is 0 Å². The molecule has 134 valence electrons. The summed E-state index contributed by atoms with van der Waals surface area (Å²) >= 11 is 0. The second kappa shape index (κ2) is 6.73. The van der Waals surface area contributed by atoms with Crippen molar-refractivity contribution in [3.63, 3.8) is 0 Å². The average Bonchev–Trinajstić information content (AvgIpc) is 2.51. The van der Waals surface area contributed by atoms with Gasteiger partial charge in [-0.2, -0.15) is 13.2 Å². The summed E-state index contributed by atoms with van der Waals surface area (Å²) in [6.45, 7) is -0.305. The van der Waals surface area contributed by atoms with Gasteiger partial charge in [0.05, 0.1) is 10.5 Å². The van der Waals surface area contributed by atoms with E-state index < -0.39 is 27.7 Å². The van der Waals surface area contributed by atoms with Gasteiger partial charge >= 0.3 is 6.18 Å². The van der Waals surface area contributed by atoms with E-state index in [0.717, 1.165) is 12.1 Å². The lowest BCUT2D eigenvalue weighted by Gasteiger charge is -2.24. The molecule has 25 heavy (non-hydrogen) atoms. The second-order valence-electron chi connectivity index (χ2n) is 5.14. The van der Waals surface area contributed by atoms with Crippen LogP contribution in [0.2, 0.25) is 0 Å². The maximum atomic E-state index is 12.7. The van der Waals surface area contributed by atoms with Crippen LogP contribution in [0, 0.1) is 0 Å². The molecule has 0 aliphatic heterocycles. The molecule has 0 aliphatic rings. The normalized spacial score (nSPS) is 12.0. The third kappa shape index (κ3) is 4.70. The Labute approximate surface area is 141 Å². The van der Waals surface area contributed by atoms with Crippen molar-refractivity contribution in [3.05, 3.63) is 54.1 Å². The summed E-state index contributed by atoms with van der Waals surface area (Å²) in [4.78, 5) is 12.5. The molecule has 2 aromatic carbocycles. The lowest BCUT2D eigenvalue weighted by atomic mass is 10.1. The Bertz CT molecular complexity index is 864. The Hall–Kier alpha value is -2.59. The summed E-state index contributed by atoms with van der Waals surface area (Å²) in [5.41, 5.74) is 5.01. The molecule has 0 aromatic heterocycles. The highest BCUT2D eigenvalue weighted by atomic mass is 32.2. The molecular weight excluding hydrogens is 359 g/mol. The number of anilines is 2. The number of carbonyl (C=O) groups excluding carboxylic acids is 1. The van der Waals surface area contributed by atoms with Gasteiger partial charge in [-0.25, -0.2) is 13.6 Å². The molecule has 0 bridgehead atoms. The number of halogens is 3. The summed E-state index contributed by atoms with van der Waals surface area (Å²) in [5, 5.41) is 5.01. The van der Waals surface area contributed by atoms with Crippen LogP contribution in [0.3, 0.4) is 0 Å². The highest BCUT2D eigenvalue weighted by Gasteiger charge is 2.30. The van der Waals surface area contributed by atoms with E-state index in [-0.39, 0.29) is 17.1 Å². The van der Waals surface area contributed by atoms with Crippen molar-refractivity contribution in [2.45, 2.75) is 11.1 Å². The van der Waals surface area contributed by atoms with E-state index in [1.54, 1.807) is 0 Å². The smallest absolute Gasteiger partial charge is 0.368 e. The van der Waals surface area contributed by atoms with Crippen LogP contribution >= 0.6 is 0 Å². The van der Waals surface area contributed by atoms with Gasteiger partial charge in [0, 0.05) is 11.4 Å². The molecular formula is C15H14F3N3O3S. The Kier molecular flexibility index (Phi) is 5.04. The maximum absolute atomic E-state index is 12.7. The number of carbonyl (C=O) groups is 1. The molecule has 0 spiro atoms. The molecule has 2 aromatic rings. The summed E-state index contributed by atoms with van der Waals surface area (Å²) in [5.74, 6) is -0.713. The van der Waals surface area contributed by atoms with E-state index in [1.165, 1.54) is 41.3 Å². The van der Waals surface area contributed by atoms with Crippen molar-refractivity contribution in [2.75, 3.05) is 11.4 Å². The van der Waals surface area contributed by atoms with Crippen LogP contribution in [0.4, 0.5) is 24.5 Å². The lowest BCUT2D eigenvalue weighted by Crippen LogP contribution is -2.30. The van der Waals surface area contributed by atoms with Crippen LogP contribution in [0.15, 0.2) is 53.4 Å². The van der Waals surface area contributed by atoms with Crippen molar-refractivity contribution in [1.82, 2.24) is 0 Å². The largest absolute Gasteiger partial charge is 0.416 e. The van der Waals surface area contributed by atoms with Crippen LogP contribution in [0.5, 0.6) is 0 Å². The maximum Gasteiger partial charge on any atom is 0.416 e. The van der Waals surface area contributed by atoms with E-state index in [9.17, 15) is 26.4 Å². The third-order valence-corrected chi connectivity index (χ3v) is 4.23. The van der Waals surface area contributed by atoms with Gasteiger partial charge in [0.1, 0.15) is 6.54 Å². The zero-order valence-corrected chi connectivity index (χ0v) is 13.5. The number of primary sulfonamides is 1. The quantitative estimate of drug-likeness (QED) is 0.836. The van der Waals surface area contributed by atoms with Crippen molar-refractivity contribution in [3.8, 4) is 0 Å². The fraction of sp³-hybridized carbons (Fsp3) is 0.133. The van der Waals surface area contributed by atoms with E-state index in [1.807, 2.05) is 0 Å². The predicted octanol–water partition coefficient (Wildman–Crippen LogP) is 1.98. The Balaban J connectivity index is 2.41. The van der Waals surface area contributed by atoms with Crippen LogP contribution < -0.4 is 15.8 Å². The topological polar surface area (TPSA) is 106 Å². The fourth-order valence-corrected chi connectivity index (χ4v) is 2.65. The fourth-order valence-electron chi connectivity index (χ4n) is 2.13. The number of nitrogens with two attached hydrogens (primary N) is 2. The Morgan fingerprint density at radius 3 is 1.76 bits per heavy atom. The number of nitrogens with zero attached hydrogens (tertiary/aromatic N) is 1. The standard InChI is InChI=1S/C15H14F3N3O3S/c16-15(17,18)10-1-3-11(4-2-10)21(9-14(19)22)12-5-7-13(8-6-12)25(20,23)24/h1-8H,9H2,(H2,19,22)(H2,20,23,24). The SMILES string of the molecule is NC(=O)CN(c1ccc(C(F)(F)F)cc1)c1ccc(S(N)(=O)=O)cc1. The van der Waals surface area contributed by atoms with Gasteiger partial charge in [-0.1, -0.05) is 0 Å². The molecule has 0 unspecified atom stereocenters. The highest BCUT2D eigenvalue weighted by molar-refractivity contribution is 7.89. The van der Waals surface area contributed by atoms with Crippen LogP contribution in [0.1, 0.15) is 5.56 Å².